The SMILES string of the molecule is CCN(C[C@@H]1COc2ccccc2O1)C(=O)C[NH+](C)CC(=O)Nc1cccc(F)c1. The highest BCUT2D eigenvalue weighted by atomic mass is 19.1. The lowest BCUT2D eigenvalue weighted by Crippen LogP contribution is -3.11. The van der Waals surface area contributed by atoms with Crippen LogP contribution in [0.1, 0.15) is 6.92 Å². The number of likely N-dealkylation sites (N-methyl/N-ethyl adjacent to an activating group) is 2. The Kier molecular flexibility index (Phi) is 7.24. The van der Waals surface area contributed by atoms with Crippen LogP contribution in [-0.4, -0.2) is 62.7 Å². The largest absolute Gasteiger partial charge is 0.486 e. The van der Waals surface area contributed by atoms with Crippen molar-refractivity contribution in [2.45, 2.75) is 13.0 Å². The number of ether oxygens (including phenoxy) is 2. The minimum absolute atomic E-state index is 0.0731. The Bertz CT molecular complexity index is 892. The molecule has 2 atom stereocenters. The van der Waals surface area contributed by atoms with Gasteiger partial charge >= 0.3 is 0 Å². The molecule has 3 rings (SSSR count). The Morgan fingerprint density at radius 1 is 1.17 bits per heavy atom. The smallest absolute Gasteiger partial charge is 0.279 e. The second-order valence-electron chi connectivity index (χ2n) is 7.30. The van der Waals surface area contributed by atoms with E-state index < -0.39 is 5.82 Å². The summed E-state index contributed by atoms with van der Waals surface area (Å²) in [5.74, 6) is 0.606. The van der Waals surface area contributed by atoms with Crippen LogP contribution in [0.25, 0.3) is 0 Å². The van der Waals surface area contributed by atoms with E-state index in [1.165, 1.54) is 18.2 Å². The van der Waals surface area contributed by atoms with Crippen molar-refractivity contribution in [2.75, 3.05) is 45.2 Å². The van der Waals surface area contributed by atoms with E-state index in [0.29, 0.717) is 36.9 Å². The number of quaternary nitrogens is 1. The van der Waals surface area contributed by atoms with E-state index in [2.05, 4.69) is 5.32 Å². The Morgan fingerprint density at radius 2 is 1.93 bits per heavy atom. The summed E-state index contributed by atoms with van der Waals surface area (Å²) in [6.07, 6.45) is -0.250. The molecule has 2 N–H and O–H groups in total. The summed E-state index contributed by atoms with van der Waals surface area (Å²) in [6.45, 7) is 3.47. The molecule has 2 amide bonds. The normalized spacial score (nSPS) is 15.9. The molecule has 1 aliphatic rings. The molecule has 2 aromatic carbocycles. The number of carbonyl (C=O) groups is 2. The van der Waals surface area contributed by atoms with E-state index in [0.717, 1.165) is 4.90 Å². The van der Waals surface area contributed by atoms with E-state index in [1.807, 2.05) is 31.2 Å². The van der Waals surface area contributed by atoms with Gasteiger partial charge in [0.2, 0.25) is 0 Å². The van der Waals surface area contributed by atoms with Gasteiger partial charge in [0.1, 0.15) is 12.4 Å². The van der Waals surface area contributed by atoms with Crippen LogP contribution >= 0.6 is 0 Å². The van der Waals surface area contributed by atoms with Crippen LogP contribution in [0.2, 0.25) is 0 Å². The summed E-state index contributed by atoms with van der Waals surface area (Å²) in [6, 6.07) is 13.2. The average molecular weight is 416 g/mol. The molecule has 2 aromatic rings. The maximum absolute atomic E-state index is 13.2. The number of amides is 2. The summed E-state index contributed by atoms with van der Waals surface area (Å²) >= 11 is 0. The van der Waals surface area contributed by atoms with Crippen molar-refractivity contribution in [3.8, 4) is 11.5 Å². The Morgan fingerprint density at radius 3 is 2.67 bits per heavy atom. The number of hydrogen-bond acceptors (Lipinski definition) is 4. The average Bonchev–Trinajstić information content (AvgIpc) is 2.71. The fourth-order valence-electron chi connectivity index (χ4n) is 3.28. The number of fused-ring (bicyclic) bond motifs is 1. The molecule has 0 saturated heterocycles. The third-order valence-corrected chi connectivity index (χ3v) is 4.75. The molecule has 0 saturated carbocycles. The third kappa shape index (κ3) is 5.93. The number of para-hydroxylation sites is 2. The summed E-state index contributed by atoms with van der Waals surface area (Å²) in [4.78, 5) is 27.3. The van der Waals surface area contributed by atoms with Gasteiger partial charge in [0.05, 0.1) is 13.6 Å². The minimum Gasteiger partial charge on any atom is -0.486 e. The minimum atomic E-state index is -0.418. The van der Waals surface area contributed by atoms with Crippen molar-refractivity contribution in [3.63, 3.8) is 0 Å². The molecule has 1 heterocycles. The van der Waals surface area contributed by atoms with Crippen LogP contribution in [0.3, 0.4) is 0 Å². The number of benzene rings is 2. The number of halogens is 1. The van der Waals surface area contributed by atoms with Gasteiger partial charge in [-0.2, -0.15) is 0 Å². The van der Waals surface area contributed by atoms with Gasteiger partial charge in [-0.3, -0.25) is 9.59 Å². The van der Waals surface area contributed by atoms with Crippen molar-refractivity contribution >= 4 is 17.5 Å². The maximum Gasteiger partial charge on any atom is 0.279 e. The molecule has 30 heavy (non-hydrogen) atoms. The lowest BCUT2D eigenvalue weighted by Gasteiger charge is -2.31. The first kappa shape index (κ1) is 21.6. The summed E-state index contributed by atoms with van der Waals surface area (Å²) in [5.41, 5.74) is 0.393. The van der Waals surface area contributed by atoms with E-state index >= 15 is 0 Å². The highest BCUT2D eigenvalue weighted by molar-refractivity contribution is 5.91. The first-order valence-corrected chi connectivity index (χ1v) is 9.97. The molecule has 0 spiro atoms. The number of nitrogens with zero attached hydrogens (tertiary/aromatic N) is 1. The van der Waals surface area contributed by atoms with Gasteiger partial charge in [0.25, 0.3) is 11.8 Å². The molecular formula is C22H27FN3O4+. The molecule has 8 heteroatoms. The molecular weight excluding hydrogens is 389 g/mol. The highest BCUT2D eigenvalue weighted by Gasteiger charge is 2.26. The lowest BCUT2D eigenvalue weighted by molar-refractivity contribution is -0.862. The molecule has 0 aliphatic carbocycles. The zero-order valence-corrected chi connectivity index (χ0v) is 17.2. The van der Waals surface area contributed by atoms with Gasteiger partial charge < -0.3 is 24.6 Å². The summed E-state index contributed by atoms with van der Waals surface area (Å²) < 4.78 is 24.9. The van der Waals surface area contributed by atoms with E-state index in [9.17, 15) is 14.0 Å². The van der Waals surface area contributed by atoms with Crippen molar-refractivity contribution in [2.24, 2.45) is 0 Å². The number of hydrogen-bond donors (Lipinski definition) is 2. The molecule has 0 aromatic heterocycles. The van der Waals surface area contributed by atoms with E-state index in [1.54, 1.807) is 18.0 Å². The van der Waals surface area contributed by atoms with E-state index in [-0.39, 0.29) is 31.0 Å². The summed E-state index contributed by atoms with van der Waals surface area (Å²) in [7, 11) is 1.77. The van der Waals surface area contributed by atoms with Crippen LogP contribution in [0.5, 0.6) is 11.5 Å². The molecule has 0 bridgehead atoms. The number of rotatable bonds is 8. The van der Waals surface area contributed by atoms with Crippen LogP contribution in [0.4, 0.5) is 10.1 Å². The fraction of sp³-hybridized carbons (Fsp3) is 0.364. The van der Waals surface area contributed by atoms with Gasteiger partial charge in [-0.1, -0.05) is 18.2 Å². The van der Waals surface area contributed by atoms with Gasteiger partial charge in [0.15, 0.2) is 30.7 Å². The van der Waals surface area contributed by atoms with Crippen molar-refractivity contribution in [3.05, 3.63) is 54.3 Å². The van der Waals surface area contributed by atoms with Crippen molar-refractivity contribution in [1.82, 2.24) is 4.90 Å². The third-order valence-electron chi connectivity index (χ3n) is 4.75. The van der Waals surface area contributed by atoms with Crippen LogP contribution < -0.4 is 19.7 Å². The first-order valence-electron chi connectivity index (χ1n) is 9.97. The van der Waals surface area contributed by atoms with Gasteiger partial charge in [0, 0.05) is 12.2 Å². The van der Waals surface area contributed by atoms with Gasteiger partial charge in [-0.15, -0.1) is 0 Å². The topological polar surface area (TPSA) is 72.3 Å². The van der Waals surface area contributed by atoms with Crippen molar-refractivity contribution in [1.29, 1.82) is 0 Å². The molecule has 1 unspecified atom stereocenters. The van der Waals surface area contributed by atoms with Gasteiger partial charge in [-0.05, 0) is 37.3 Å². The second kappa shape index (κ2) is 10.1. The predicted octanol–water partition coefficient (Wildman–Crippen LogP) is 0.967. The monoisotopic (exact) mass is 416 g/mol. The Balaban J connectivity index is 1.48. The molecule has 7 nitrogen and oxygen atoms in total. The highest BCUT2D eigenvalue weighted by Crippen LogP contribution is 2.30. The zero-order valence-electron chi connectivity index (χ0n) is 17.2. The maximum atomic E-state index is 13.2. The molecule has 0 fully saturated rings. The first-order chi connectivity index (χ1) is 14.4. The number of anilines is 1. The zero-order chi connectivity index (χ0) is 21.5. The number of carbonyl (C=O) groups excluding carboxylic acids is 2. The molecule has 0 radical (unpaired) electrons. The lowest BCUT2D eigenvalue weighted by atomic mass is 10.2. The van der Waals surface area contributed by atoms with Crippen LogP contribution in [0.15, 0.2) is 48.5 Å². The van der Waals surface area contributed by atoms with Gasteiger partial charge in [-0.25, -0.2) is 4.39 Å². The van der Waals surface area contributed by atoms with E-state index in [4.69, 9.17) is 9.47 Å². The quantitative estimate of drug-likeness (QED) is 0.673. The number of nitrogens with one attached hydrogen (secondary N) is 2. The molecule has 1 aliphatic heterocycles. The fourth-order valence-corrected chi connectivity index (χ4v) is 3.28. The Labute approximate surface area is 175 Å². The van der Waals surface area contributed by atoms with Crippen LogP contribution in [0, 0.1) is 5.82 Å². The molecule has 160 valence electrons. The second-order valence-corrected chi connectivity index (χ2v) is 7.30. The Hall–Kier alpha value is -3.13. The predicted molar refractivity (Wildman–Crippen MR) is 110 cm³/mol. The summed E-state index contributed by atoms with van der Waals surface area (Å²) in [5, 5.41) is 2.64. The standard InChI is InChI=1S/C22H26FN3O4/c1-3-26(12-18-15-29-19-9-4-5-10-20(19)30-18)22(28)14-25(2)13-21(27)24-17-8-6-7-16(23)11-17/h4-11,18H,3,12-15H2,1-2H3,(H,24,27)/p+1/t18-/m1/s1. The van der Waals surface area contributed by atoms with Crippen molar-refractivity contribution < 1.29 is 28.4 Å². The van der Waals surface area contributed by atoms with Crippen LogP contribution in [-0.2, 0) is 9.59 Å².